The second kappa shape index (κ2) is 20.4. The number of piperazine rings is 1. The predicted molar refractivity (Wildman–Crippen MR) is 270 cm³/mol. The zero-order valence-electron chi connectivity index (χ0n) is 40.5. The summed E-state index contributed by atoms with van der Waals surface area (Å²) in [5.41, 5.74) is 5.04. The predicted octanol–water partition coefficient (Wildman–Crippen LogP) is 7.48. The number of anilines is 4. The van der Waals surface area contributed by atoms with Gasteiger partial charge in [0.1, 0.15) is 5.82 Å². The highest BCUT2D eigenvalue weighted by atomic mass is 32.2. The molecule has 370 valence electrons. The molecule has 3 aliphatic heterocycles. The molecule has 3 N–H and O–H groups in total. The summed E-state index contributed by atoms with van der Waals surface area (Å²) in [7, 11) is -2.55. The van der Waals surface area contributed by atoms with Crippen LogP contribution in [0.3, 0.4) is 0 Å². The molecule has 19 heteroatoms. The zero-order chi connectivity index (χ0) is 49.3. The number of rotatable bonds is 13. The lowest BCUT2D eigenvalue weighted by Crippen LogP contribution is -2.51. The Morgan fingerprint density at radius 3 is 2.43 bits per heavy atom. The molecule has 0 bridgehead atoms. The van der Waals surface area contributed by atoms with Crippen LogP contribution < -0.4 is 20.3 Å². The number of amides is 3. The zero-order valence-corrected chi connectivity index (χ0v) is 42.1. The molecule has 1 saturated carbocycles. The van der Waals surface area contributed by atoms with Gasteiger partial charge in [0, 0.05) is 88.9 Å². The number of imide groups is 1. The molecule has 70 heavy (non-hydrogen) atoms. The summed E-state index contributed by atoms with van der Waals surface area (Å²) >= 11 is 1.40. The van der Waals surface area contributed by atoms with Crippen molar-refractivity contribution < 1.29 is 27.2 Å². The van der Waals surface area contributed by atoms with E-state index in [-0.39, 0.29) is 52.8 Å². The summed E-state index contributed by atoms with van der Waals surface area (Å²) in [6.07, 6.45) is 9.26. The van der Waals surface area contributed by atoms with Gasteiger partial charge in [0.15, 0.2) is 5.82 Å². The molecule has 3 aromatic heterocycles. The van der Waals surface area contributed by atoms with Crippen molar-refractivity contribution >= 4 is 62.4 Å². The summed E-state index contributed by atoms with van der Waals surface area (Å²) in [6, 6.07) is 16.6. The van der Waals surface area contributed by atoms with Crippen LogP contribution in [0, 0.1) is 17.7 Å². The number of thiazole rings is 1. The maximum absolute atomic E-state index is 16.2. The highest BCUT2D eigenvalue weighted by Crippen LogP contribution is 2.42. The minimum Gasteiger partial charge on any atom is -0.367 e. The lowest BCUT2D eigenvalue weighted by molar-refractivity contribution is -0.137. The Hall–Kier alpha value is -5.89. The number of hydrogen-bond donors (Lipinski definition) is 3. The number of hydrogen-bond acceptors (Lipinski definition) is 13. The number of pyridine rings is 1. The standard InChI is InChI=1S/C51H62FN11O5S2/c1-6-60(5)70(67,68)59-40-9-7-8-39(44(40)52)45-46(69-49(58-45)51(2,3)4)41-20-22-53-50(55-41)56-42-18-16-37(29-54-42)62-24-26-63(27-25-62)48(66)34-12-10-32(11-13-34)30-61-23-21-33-14-15-35(28-36(33)31-61)38-17-19-43(64)57-47(38)65/h7-9,14-16,18,20,22,28-29,32,34,38,59H,6,10-13,17,19,21,23-27,30-31H2,1-5H3,(H,57,64,65)(H,53,54,55,56)/t32?,34?,38-/m0/s1. The van der Waals surface area contributed by atoms with Crippen LogP contribution in [0.4, 0.5) is 27.5 Å². The SMILES string of the molecule is CCN(C)S(=O)(=O)Nc1cccc(-c2nc(C(C)(C)C)sc2-c2ccnc(Nc3ccc(N4CCN(C(=O)C5CCC(CN6CCc7ccc([C@@H]8CCC(=O)NC8=O)cc7C6)CC5)CC4)cn3)n2)c1F. The van der Waals surface area contributed by atoms with Gasteiger partial charge in [0.2, 0.25) is 23.7 Å². The van der Waals surface area contributed by atoms with Gasteiger partial charge in [-0.3, -0.25) is 29.3 Å². The van der Waals surface area contributed by atoms with Crippen LogP contribution in [0.15, 0.2) is 67.0 Å². The Bertz CT molecular complexity index is 2860. The van der Waals surface area contributed by atoms with E-state index in [1.165, 1.54) is 35.6 Å². The molecular weight excluding hydrogens is 930 g/mol. The molecule has 3 amide bonds. The summed E-state index contributed by atoms with van der Waals surface area (Å²) in [5, 5.41) is 6.46. The fourth-order valence-corrected chi connectivity index (χ4v) is 11.9. The third kappa shape index (κ3) is 10.9. The number of benzene rings is 2. The van der Waals surface area contributed by atoms with E-state index >= 15 is 4.39 Å². The Labute approximate surface area is 413 Å². The molecule has 0 radical (unpaired) electrons. The van der Waals surface area contributed by atoms with Crippen LogP contribution >= 0.6 is 11.3 Å². The Balaban J connectivity index is 0.773. The first-order valence-electron chi connectivity index (χ1n) is 24.3. The summed E-state index contributed by atoms with van der Waals surface area (Å²) < 4.78 is 45.3. The Kier molecular flexibility index (Phi) is 14.3. The van der Waals surface area contributed by atoms with Crippen molar-refractivity contribution in [1.82, 2.24) is 39.4 Å². The van der Waals surface area contributed by atoms with Crippen molar-refractivity contribution in [3.05, 3.63) is 94.5 Å². The second-order valence-corrected chi connectivity index (χ2v) is 22.8. The van der Waals surface area contributed by atoms with Gasteiger partial charge in [-0.05, 0) is 91.5 Å². The Morgan fingerprint density at radius 2 is 1.71 bits per heavy atom. The van der Waals surface area contributed by atoms with Crippen LogP contribution in [0.25, 0.3) is 21.8 Å². The largest absolute Gasteiger partial charge is 0.367 e. The third-order valence-corrected chi connectivity index (χ3v) is 17.2. The first-order valence-corrected chi connectivity index (χ1v) is 26.6. The molecule has 6 heterocycles. The van der Waals surface area contributed by atoms with Crippen molar-refractivity contribution in [1.29, 1.82) is 0 Å². The fraction of sp³-hybridized carbons (Fsp3) is 0.471. The van der Waals surface area contributed by atoms with Crippen molar-refractivity contribution in [2.45, 2.75) is 90.5 Å². The lowest BCUT2D eigenvalue weighted by atomic mass is 9.80. The second-order valence-electron chi connectivity index (χ2n) is 20.0. The van der Waals surface area contributed by atoms with Gasteiger partial charge in [0.05, 0.1) is 44.8 Å². The molecule has 0 spiro atoms. The van der Waals surface area contributed by atoms with E-state index in [2.05, 4.69) is 53.3 Å². The van der Waals surface area contributed by atoms with Crippen molar-refractivity contribution in [3.8, 4) is 21.8 Å². The van der Waals surface area contributed by atoms with E-state index in [0.717, 1.165) is 72.3 Å². The van der Waals surface area contributed by atoms with Crippen LogP contribution in [-0.4, -0.2) is 113 Å². The summed E-state index contributed by atoms with van der Waals surface area (Å²) in [5.74, 6) is 0.320. The average molecular weight is 992 g/mol. The van der Waals surface area contributed by atoms with Gasteiger partial charge in [0.25, 0.3) is 0 Å². The number of aromatic nitrogens is 4. The van der Waals surface area contributed by atoms with Gasteiger partial charge in [-0.2, -0.15) is 12.7 Å². The van der Waals surface area contributed by atoms with Gasteiger partial charge < -0.3 is 15.1 Å². The molecule has 1 aliphatic carbocycles. The Morgan fingerprint density at radius 1 is 0.929 bits per heavy atom. The molecule has 0 unspecified atom stereocenters. The van der Waals surface area contributed by atoms with Crippen LogP contribution in [-0.2, 0) is 43.0 Å². The number of nitrogens with one attached hydrogen (secondary N) is 3. The maximum atomic E-state index is 16.2. The normalized spacial score (nSPS) is 20.3. The number of halogens is 1. The van der Waals surface area contributed by atoms with Crippen LogP contribution in [0.1, 0.15) is 93.8 Å². The van der Waals surface area contributed by atoms with E-state index in [1.54, 1.807) is 31.3 Å². The first-order chi connectivity index (χ1) is 33.5. The van der Waals surface area contributed by atoms with Gasteiger partial charge in [-0.15, -0.1) is 11.3 Å². The molecule has 1 atom stereocenters. The molecule has 2 saturated heterocycles. The minimum atomic E-state index is -3.97. The molecule has 16 nitrogen and oxygen atoms in total. The topological polar surface area (TPSA) is 186 Å². The van der Waals surface area contributed by atoms with Crippen LogP contribution in [0.2, 0.25) is 0 Å². The van der Waals surface area contributed by atoms with Crippen LogP contribution in [0.5, 0.6) is 0 Å². The molecule has 5 aromatic rings. The van der Waals surface area contributed by atoms with E-state index in [0.29, 0.717) is 73.0 Å². The molecule has 2 aromatic carbocycles. The number of fused-ring (bicyclic) bond motifs is 1. The molecule has 4 aliphatic rings. The number of carbonyl (C=O) groups excluding carboxylic acids is 3. The lowest BCUT2D eigenvalue weighted by Gasteiger charge is -2.39. The average Bonchev–Trinajstić information content (AvgIpc) is 3.81. The van der Waals surface area contributed by atoms with Gasteiger partial charge >= 0.3 is 10.2 Å². The van der Waals surface area contributed by atoms with Crippen molar-refractivity contribution in [2.24, 2.45) is 11.8 Å². The fourth-order valence-electron chi connectivity index (χ4n) is 9.90. The third-order valence-electron chi connectivity index (χ3n) is 14.1. The van der Waals surface area contributed by atoms with E-state index in [9.17, 15) is 22.8 Å². The van der Waals surface area contributed by atoms with E-state index in [1.807, 2.05) is 44.0 Å². The smallest absolute Gasteiger partial charge is 0.301 e. The first kappa shape index (κ1) is 49.1. The van der Waals surface area contributed by atoms with E-state index in [4.69, 9.17) is 9.97 Å². The molecule has 9 rings (SSSR count). The molecular formula is C51H62FN11O5S2. The van der Waals surface area contributed by atoms with Gasteiger partial charge in [-0.25, -0.2) is 24.3 Å². The van der Waals surface area contributed by atoms with Crippen molar-refractivity contribution in [3.63, 3.8) is 0 Å². The summed E-state index contributed by atoms with van der Waals surface area (Å²) in [6.45, 7) is 13.6. The minimum absolute atomic E-state index is 0.0607. The quantitative estimate of drug-likeness (QED) is 0.0990. The highest BCUT2D eigenvalue weighted by molar-refractivity contribution is 7.90. The number of carbonyl (C=O) groups is 3. The highest BCUT2D eigenvalue weighted by Gasteiger charge is 2.34. The monoisotopic (exact) mass is 991 g/mol. The van der Waals surface area contributed by atoms with Crippen molar-refractivity contribution in [2.75, 3.05) is 67.8 Å². The number of nitrogens with zero attached hydrogens (tertiary/aromatic N) is 8. The summed E-state index contributed by atoms with van der Waals surface area (Å²) in [4.78, 5) is 64.2. The van der Waals surface area contributed by atoms with Gasteiger partial charge in [-0.1, -0.05) is 52.0 Å². The maximum Gasteiger partial charge on any atom is 0.301 e. The van der Waals surface area contributed by atoms with E-state index < -0.39 is 16.0 Å². The molecule has 3 fully saturated rings. The number of piperidine rings is 1.